The third kappa shape index (κ3) is 2.93. The standard InChI is InChI=1S/C15H22N2O3S/c1-20-14-8-2-7-13(14)17-21(18,19)15-9-3-6-12-11(15)5-4-10-16-12/h3,6,9,13-14,16-17H,2,4-5,7-8,10H2,1H3. The number of fused-ring (bicyclic) bond motifs is 1. The molecule has 0 amide bonds. The van der Waals surface area contributed by atoms with E-state index in [0.29, 0.717) is 4.90 Å². The van der Waals surface area contributed by atoms with Crippen LogP contribution in [0.2, 0.25) is 0 Å². The molecule has 5 nitrogen and oxygen atoms in total. The largest absolute Gasteiger partial charge is 0.385 e. The number of anilines is 1. The maximum absolute atomic E-state index is 12.7. The Morgan fingerprint density at radius 2 is 2.14 bits per heavy atom. The molecule has 1 aromatic rings. The monoisotopic (exact) mass is 310 g/mol. The Bertz CT molecular complexity index is 615. The van der Waals surface area contributed by atoms with Gasteiger partial charge in [0.1, 0.15) is 0 Å². The minimum atomic E-state index is -3.50. The number of methoxy groups -OCH3 is 1. The van der Waals surface area contributed by atoms with Crippen molar-refractivity contribution in [2.45, 2.75) is 49.1 Å². The molecule has 2 atom stereocenters. The minimum Gasteiger partial charge on any atom is -0.385 e. The van der Waals surface area contributed by atoms with Crippen LogP contribution >= 0.6 is 0 Å². The van der Waals surface area contributed by atoms with E-state index in [4.69, 9.17) is 4.74 Å². The molecule has 0 saturated heterocycles. The van der Waals surface area contributed by atoms with Crippen molar-refractivity contribution in [2.75, 3.05) is 19.0 Å². The topological polar surface area (TPSA) is 67.4 Å². The smallest absolute Gasteiger partial charge is 0.241 e. The summed E-state index contributed by atoms with van der Waals surface area (Å²) >= 11 is 0. The van der Waals surface area contributed by atoms with Crippen molar-refractivity contribution in [1.82, 2.24) is 4.72 Å². The first kappa shape index (κ1) is 14.8. The molecular formula is C15H22N2O3S. The summed E-state index contributed by atoms with van der Waals surface area (Å²) < 4.78 is 33.7. The summed E-state index contributed by atoms with van der Waals surface area (Å²) in [6.45, 7) is 0.901. The van der Waals surface area contributed by atoms with E-state index in [2.05, 4.69) is 10.0 Å². The zero-order valence-electron chi connectivity index (χ0n) is 12.3. The van der Waals surface area contributed by atoms with Gasteiger partial charge in [-0.2, -0.15) is 0 Å². The third-order valence-electron chi connectivity index (χ3n) is 4.40. The van der Waals surface area contributed by atoms with Crippen molar-refractivity contribution in [3.05, 3.63) is 23.8 Å². The van der Waals surface area contributed by atoms with Gasteiger partial charge in [0, 0.05) is 25.4 Å². The Kier molecular flexibility index (Phi) is 4.19. The maximum atomic E-state index is 12.7. The number of ether oxygens (including phenoxy) is 1. The molecule has 1 aliphatic heterocycles. The predicted octanol–water partition coefficient (Wildman–Crippen LogP) is 1.89. The molecule has 1 saturated carbocycles. The van der Waals surface area contributed by atoms with Gasteiger partial charge >= 0.3 is 0 Å². The quantitative estimate of drug-likeness (QED) is 0.891. The molecule has 21 heavy (non-hydrogen) atoms. The molecule has 1 fully saturated rings. The lowest BCUT2D eigenvalue weighted by atomic mass is 10.0. The second-order valence-electron chi connectivity index (χ2n) is 5.75. The first-order chi connectivity index (χ1) is 10.1. The fraction of sp³-hybridized carbons (Fsp3) is 0.600. The molecule has 2 unspecified atom stereocenters. The Morgan fingerprint density at radius 3 is 2.95 bits per heavy atom. The van der Waals surface area contributed by atoms with Crippen molar-refractivity contribution in [3.63, 3.8) is 0 Å². The molecule has 2 N–H and O–H groups in total. The van der Waals surface area contributed by atoms with E-state index < -0.39 is 10.0 Å². The van der Waals surface area contributed by atoms with Crippen LogP contribution in [0.3, 0.4) is 0 Å². The van der Waals surface area contributed by atoms with Crippen LogP contribution in [-0.4, -0.2) is 34.2 Å². The molecule has 0 aromatic heterocycles. The molecule has 1 aliphatic carbocycles. The Hall–Kier alpha value is -1.11. The number of rotatable bonds is 4. The van der Waals surface area contributed by atoms with Crippen LogP contribution in [0, 0.1) is 0 Å². The van der Waals surface area contributed by atoms with Crippen molar-refractivity contribution >= 4 is 15.7 Å². The second-order valence-corrected chi connectivity index (χ2v) is 7.43. The van der Waals surface area contributed by atoms with Crippen LogP contribution in [0.1, 0.15) is 31.2 Å². The van der Waals surface area contributed by atoms with Gasteiger partial charge in [-0.15, -0.1) is 0 Å². The van der Waals surface area contributed by atoms with Crippen molar-refractivity contribution in [1.29, 1.82) is 0 Å². The number of hydrogen-bond donors (Lipinski definition) is 2. The van der Waals surface area contributed by atoms with E-state index >= 15 is 0 Å². The first-order valence-corrected chi connectivity index (χ1v) is 9.01. The number of sulfonamides is 1. The van der Waals surface area contributed by atoms with Gasteiger partial charge in [-0.25, -0.2) is 13.1 Å². The lowest BCUT2D eigenvalue weighted by molar-refractivity contribution is 0.0916. The van der Waals surface area contributed by atoms with Crippen LogP contribution in [-0.2, 0) is 21.2 Å². The van der Waals surface area contributed by atoms with Gasteiger partial charge in [0.25, 0.3) is 0 Å². The summed E-state index contributed by atoms with van der Waals surface area (Å²) in [5.74, 6) is 0. The minimum absolute atomic E-state index is 0.0163. The van der Waals surface area contributed by atoms with Crippen LogP contribution < -0.4 is 10.0 Å². The lowest BCUT2D eigenvalue weighted by Crippen LogP contribution is -2.41. The van der Waals surface area contributed by atoms with Gasteiger partial charge in [-0.1, -0.05) is 6.07 Å². The fourth-order valence-corrected chi connectivity index (χ4v) is 4.92. The summed E-state index contributed by atoms with van der Waals surface area (Å²) in [4.78, 5) is 0.411. The highest BCUT2D eigenvalue weighted by atomic mass is 32.2. The van der Waals surface area contributed by atoms with Crippen LogP contribution in [0.5, 0.6) is 0 Å². The van der Waals surface area contributed by atoms with Gasteiger partial charge in [-0.3, -0.25) is 0 Å². The molecule has 116 valence electrons. The summed E-state index contributed by atoms with van der Waals surface area (Å²) in [7, 11) is -1.85. The first-order valence-electron chi connectivity index (χ1n) is 7.53. The zero-order chi connectivity index (χ0) is 14.9. The van der Waals surface area contributed by atoms with E-state index in [1.807, 2.05) is 6.07 Å². The highest BCUT2D eigenvalue weighted by Crippen LogP contribution is 2.30. The average molecular weight is 310 g/mol. The summed E-state index contributed by atoms with van der Waals surface area (Å²) in [5.41, 5.74) is 1.85. The summed E-state index contributed by atoms with van der Waals surface area (Å²) in [5, 5.41) is 3.27. The molecule has 2 aliphatic rings. The molecule has 0 bridgehead atoms. The lowest BCUT2D eigenvalue weighted by Gasteiger charge is -2.23. The van der Waals surface area contributed by atoms with E-state index in [0.717, 1.165) is 49.9 Å². The van der Waals surface area contributed by atoms with E-state index in [-0.39, 0.29) is 12.1 Å². The number of nitrogens with one attached hydrogen (secondary N) is 2. The zero-order valence-corrected chi connectivity index (χ0v) is 13.1. The Morgan fingerprint density at radius 1 is 1.29 bits per heavy atom. The molecule has 1 heterocycles. The Balaban J connectivity index is 1.88. The highest BCUT2D eigenvalue weighted by Gasteiger charge is 2.32. The fourth-order valence-electron chi connectivity index (χ4n) is 3.33. The molecule has 6 heteroatoms. The average Bonchev–Trinajstić information content (AvgIpc) is 2.93. The van der Waals surface area contributed by atoms with Crippen molar-refractivity contribution in [3.8, 4) is 0 Å². The molecule has 0 radical (unpaired) electrons. The van der Waals surface area contributed by atoms with Gasteiger partial charge in [0.15, 0.2) is 0 Å². The van der Waals surface area contributed by atoms with Gasteiger partial charge < -0.3 is 10.1 Å². The van der Waals surface area contributed by atoms with Gasteiger partial charge in [0.2, 0.25) is 10.0 Å². The molecular weight excluding hydrogens is 288 g/mol. The molecule has 0 spiro atoms. The van der Waals surface area contributed by atoms with E-state index in [9.17, 15) is 8.42 Å². The maximum Gasteiger partial charge on any atom is 0.241 e. The number of hydrogen-bond acceptors (Lipinski definition) is 4. The number of benzene rings is 1. The van der Waals surface area contributed by atoms with Crippen molar-refractivity contribution < 1.29 is 13.2 Å². The third-order valence-corrected chi connectivity index (χ3v) is 5.98. The normalized spacial score (nSPS) is 25.4. The van der Waals surface area contributed by atoms with Gasteiger partial charge in [0.05, 0.1) is 11.0 Å². The van der Waals surface area contributed by atoms with Crippen LogP contribution in [0.25, 0.3) is 0 Å². The SMILES string of the molecule is COC1CCCC1NS(=O)(=O)c1cccc2c1CCCN2. The van der Waals surface area contributed by atoms with E-state index in [1.54, 1.807) is 19.2 Å². The predicted molar refractivity (Wildman–Crippen MR) is 82.0 cm³/mol. The van der Waals surface area contributed by atoms with Crippen molar-refractivity contribution in [2.24, 2.45) is 0 Å². The van der Waals surface area contributed by atoms with Crippen LogP contribution in [0.15, 0.2) is 23.1 Å². The molecule has 1 aromatic carbocycles. The van der Waals surface area contributed by atoms with Crippen LogP contribution in [0.4, 0.5) is 5.69 Å². The second kappa shape index (κ2) is 5.94. The summed E-state index contributed by atoms with van der Waals surface area (Å²) in [6.07, 6.45) is 4.50. The van der Waals surface area contributed by atoms with Gasteiger partial charge in [-0.05, 0) is 49.8 Å². The highest BCUT2D eigenvalue weighted by molar-refractivity contribution is 7.89. The summed E-state index contributed by atoms with van der Waals surface area (Å²) in [6, 6.07) is 5.33. The molecule has 3 rings (SSSR count). The van der Waals surface area contributed by atoms with E-state index in [1.165, 1.54) is 0 Å². The Labute approximate surface area is 126 Å².